The van der Waals surface area contributed by atoms with E-state index in [9.17, 15) is 8.78 Å². The van der Waals surface area contributed by atoms with Crippen molar-refractivity contribution < 1.29 is 27.7 Å². The topological polar surface area (TPSA) is 40.2 Å². The molecule has 0 fully saturated rings. The van der Waals surface area contributed by atoms with Crippen LogP contribution in [0.15, 0.2) is 48.5 Å². The Labute approximate surface area is 186 Å². The predicted octanol–water partition coefficient (Wildman–Crippen LogP) is 5.05. The molecular formula is C25H25F2NO4. The maximum absolute atomic E-state index is 14.2. The Balaban J connectivity index is 1.68. The van der Waals surface area contributed by atoms with Crippen molar-refractivity contribution >= 4 is 0 Å². The lowest BCUT2D eigenvalue weighted by atomic mass is 10.0. The number of benzene rings is 3. The molecule has 1 heterocycles. The fraction of sp³-hybridized carbons (Fsp3) is 0.280. The van der Waals surface area contributed by atoms with Crippen molar-refractivity contribution in [2.24, 2.45) is 0 Å². The Hall–Kier alpha value is -3.32. The van der Waals surface area contributed by atoms with Crippen LogP contribution >= 0.6 is 0 Å². The Bertz CT molecular complexity index is 1120. The van der Waals surface area contributed by atoms with E-state index in [-0.39, 0.29) is 0 Å². The molecule has 3 aromatic rings. The molecule has 0 atom stereocenters. The Morgan fingerprint density at radius 2 is 1.59 bits per heavy atom. The van der Waals surface area contributed by atoms with Gasteiger partial charge in [0.15, 0.2) is 23.0 Å². The third-order valence-electron chi connectivity index (χ3n) is 5.53. The maximum atomic E-state index is 14.2. The van der Waals surface area contributed by atoms with E-state index in [1.54, 1.807) is 21.3 Å². The first-order valence-electron chi connectivity index (χ1n) is 10.2. The molecule has 3 aromatic carbocycles. The fourth-order valence-corrected chi connectivity index (χ4v) is 3.90. The van der Waals surface area contributed by atoms with E-state index in [2.05, 4.69) is 4.90 Å². The van der Waals surface area contributed by atoms with Gasteiger partial charge < -0.3 is 18.9 Å². The molecule has 4 rings (SSSR count). The number of nitrogens with zero attached hydrogens (tertiary/aromatic N) is 1. The minimum Gasteiger partial charge on any atom is -0.493 e. The van der Waals surface area contributed by atoms with E-state index in [1.807, 2.05) is 30.3 Å². The molecule has 0 radical (unpaired) electrons. The van der Waals surface area contributed by atoms with Gasteiger partial charge in [0, 0.05) is 36.8 Å². The summed E-state index contributed by atoms with van der Waals surface area (Å²) in [5, 5.41) is 0. The summed E-state index contributed by atoms with van der Waals surface area (Å²) in [6, 6.07) is 13.3. The number of hydrogen-bond donors (Lipinski definition) is 0. The van der Waals surface area contributed by atoms with Gasteiger partial charge in [-0.1, -0.05) is 12.1 Å². The van der Waals surface area contributed by atoms with E-state index in [1.165, 1.54) is 12.1 Å². The average molecular weight is 441 g/mol. The lowest BCUT2D eigenvalue weighted by molar-refractivity contribution is 0.215. The summed E-state index contributed by atoms with van der Waals surface area (Å²) in [6.45, 7) is 1.91. The first-order valence-corrected chi connectivity index (χ1v) is 10.2. The second-order valence-electron chi connectivity index (χ2n) is 7.53. The first-order chi connectivity index (χ1) is 15.5. The highest BCUT2D eigenvalue weighted by atomic mass is 19.1. The molecule has 0 N–H and O–H groups in total. The van der Waals surface area contributed by atoms with Crippen molar-refractivity contribution in [1.82, 2.24) is 4.90 Å². The number of fused-ring (bicyclic) bond motifs is 1. The molecule has 1 aliphatic heterocycles. The van der Waals surface area contributed by atoms with Crippen LogP contribution in [0.4, 0.5) is 8.78 Å². The zero-order valence-electron chi connectivity index (χ0n) is 18.3. The van der Waals surface area contributed by atoms with E-state index >= 15 is 0 Å². The molecule has 0 aromatic heterocycles. The van der Waals surface area contributed by atoms with Gasteiger partial charge in [-0.2, -0.15) is 0 Å². The molecule has 0 spiro atoms. The van der Waals surface area contributed by atoms with Gasteiger partial charge in [0.05, 0.1) is 21.3 Å². The zero-order chi connectivity index (χ0) is 22.7. The molecule has 168 valence electrons. The SMILES string of the molecule is COc1ccc(-c2cc3c(c(OC)c2)OCCN(Cc2ccc(F)cc2F)C3)cc1OC. The zero-order valence-corrected chi connectivity index (χ0v) is 18.3. The minimum absolute atomic E-state index is 0.345. The largest absolute Gasteiger partial charge is 0.493 e. The molecule has 0 saturated heterocycles. The summed E-state index contributed by atoms with van der Waals surface area (Å²) >= 11 is 0. The number of hydrogen-bond acceptors (Lipinski definition) is 5. The Morgan fingerprint density at radius 3 is 2.31 bits per heavy atom. The second kappa shape index (κ2) is 9.44. The lowest BCUT2D eigenvalue weighted by Gasteiger charge is -2.20. The molecular weight excluding hydrogens is 416 g/mol. The molecule has 0 amide bonds. The summed E-state index contributed by atoms with van der Waals surface area (Å²) in [5.74, 6) is 1.45. The van der Waals surface area contributed by atoms with Gasteiger partial charge in [0.1, 0.15) is 18.2 Å². The van der Waals surface area contributed by atoms with Crippen molar-refractivity contribution in [2.45, 2.75) is 13.1 Å². The van der Waals surface area contributed by atoms with Crippen molar-refractivity contribution in [3.63, 3.8) is 0 Å². The van der Waals surface area contributed by atoms with Crippen molar-refractivity contribution in [3.05, 3.63) is 71.3 Å². The van der Waals surface area contributed by atoms with Crippen LogP contribution in [0.2, 0.25) is 0 Å². The standard InChI is InChI=1S/C25H25F2NO4/c1-29-22-7-5-16(11-23(22)30-2)18-10-19-15-28(8-9-32-25(19)24(12-18)31-3)14-17-4-6-20(26)13-21(17)27/h4-7,10-13H,8-9,14-15H2,1-3H3. The normalized spacial score (nSPS) is 13.7. The summed E-state index contributed by atoms with van der Waals surface area (Å²) in [4.78, 5) is 2.07. The minimum atomic E-state index is -0.583. The van der Waals surface area contributed by atoms with Gasteiger partial charge in [-0.3, -0.25) is 4.90 Å². The van der Waals surface area contributed by atoms with Crippen LogP contribution in [0.3, 0.4) is 0 Å². The molecule has 7 heteroatoms. The van der Waals surface area contributed by atoms with E-state index in [0.29, 0.717) is 54.8 Å². The lowest BCUT2D eigenvalue weighted by Crippen LogP contribution is -2.25. The van der Waals surface area contributed by atoms with Crippen molar-refractivity contribution in [2.75, 3.05) is 34.5 Å². The number of ether oxygens (including phenoxy) is 4. The monoisotopic (exact) mass is 441 g/mol. The number of methoxy groups -OCH3 is 3. The smallest absolute Gasteiger partial charge is 0.165 e. The Kier molecular flexibility index (Phi) is 6.46. The van der Waals surface area contributed by atoms with Crippen LogP contribution in [0.5, 0.6) is 23.0 Å². The molecule has 0 saturated carbocycles. The summed E-state index contributed by atoms with van der Waals surface area (Å²) in [5.41, 5.74) is 3.23. The van der Waals surface area contributed by atoms with Gasteiger partial charge in [-0.15, -0.1) is 0 Å². The van der Waals surface area contributed by atoms with Crippen LogP contribution in [0, 0.1) is 11.6 Å². The quantitative estimate of drug-likeness (QED) is 0.535. The number of halogens is 2. The molecule has 0 unspecified atom stereocenters. The van der Waals surface area contributed by atoms with Gasteiger partial charge in [0.25, 0.3) is 0 Å². The van der Waals surface area contributed by atoms with E-state index in [0.717, 1.165) is 22.8 Å². The van der Waals surface area contributed by atoms with Crippen molar-refractivity contribution in [1.29, 1.82) is 0 Å². The van der Waals surface area contributed by atoms with E-state index < -0.39 is 11.6 Å². The van der Waals surface area contributed by atoms with Crippen LogP contribution in [-0.2, 0) is 13.1 Å². The van der Waals surface area contributed by atoms with Gasteiger partial charge >= 0.3 is 0 Å². The number of rotatable bonds is 6. The maximum Gasteiger partial charge on any atom is 0.165 e. The Morgan fingerprint density at radius 1 is 0.844 bits per heavy atom. The first kappa shape index (κ1) is 21.9. The van der Waals surface area contributed by atoms with Gasteiger partial charge in [0.2, 0.25) is 0 Å². The third-order valence-corrected chi connectivity index (χ3v) is 5.53. The van der Waals surface area contributed by atoms with Crippen LogP contribution in [-0.4, -0.2) is 39.4 Å². The third kappa shape index (κ3) is 4.48. The highest BCUT2D eigenvalue weighted by molar-refractivity contribution is 5.71. The second-order valence-corrected chi connectivity index (χ2v) is 7.53. The van der Waals surface area contributed by atoms with E-state index in [4.69, 9.17) is 18.9 Å². The highest BCUT2D eigenvalue weighted by Crippen LogP contribution is 2.40. The summed E-state index contributed by atoms with van der Waals surface area (Å²) < 4.78 is 49.9. The molecule has 32 heavy (non-hydrogen) atoms. The highest BCUT2D eigenvalue weighted by Gasteiger charge is 2.22. The molecule has 1 aliphatic rings. The molecule has 0 aliphatic carbocycles. The predicted molar refractivity (Wildman–Crippen MR) is 118 cm³/mol. The summed E-state index contributed by atoms with van der Waals surface area (Å²) in [7, 11) is 4.80. The molecule has 5 nitrogen and oxygen atoms in total. The van der Waals surface area contributed by atoms with Gasteiger partial charge in [-0.25, -0.2) is 8.78 Å². The average Bonchev–Trinajstić information content (AvgIpc) is 3.01. The summed E-state index contributed by atoms with van der Waals surface area (Å²) in [6.07, 6.45) is 0. The van der Waals surface area contributed by atoms with Gasteiger partial charge in [-0.05, 0) is 41.5 Å². The molecule has 0 bridgehead atoms. The van der Waals surface area contributed by atoms with Crippen LogP contribution in [0.25, 0.3) is 11.1 Å². The van der Waals surface area contributed by atoms with Crippen LogP contribution < -0.4 is 18.9 Å². The fourth-order valence-electron chi connectivity index (χ4n) is 3.90. The van der Waals surface area contributed by atoms with Crippen LogP contribution in [0.1, 0.15) is 11.1 Å². The van der Waals surface area contributed by atoms with Crippen molar-refractivity contribution in [3.8, 4) is 34.1 Å².